The number of alkyl halides is 1. The van der Waals surface area contributed by atoms with Gasteiger partial charge < -0.3 is 4.90 Å². The highest BCUT2D eigenvalue weighted by molar-refractivity contribution is 6.17. The van der Waals surface area contributed by atoms with E-state index in [1.165, 1.54) is 12.5 Å². The third-order valence-electron chi connectivity index (χ3n) is 3.21. The molecule has 2 atom stereocenters. The van der Waals surface area contributed by atoms with Crippen LogP contribution in [0, 0.1) is 11.7 Å². The van der Waals surface area contributed by atoms with Gasteiger partial charge in [-0.1, -0.05) is 6.92 Å². The van der Waals surface area contributed by atoms with Crippen molar-refractivity contribution in [1.29, 1.82) is 0 Å². The van der Waals surface area contributed by atoms with Crippen LogP contribution >= 0.6 is 11.6 Å². The van der Waals surface area contributed by atoms with Gasteiger partial charge in [0.25, 0.3) is 0 Å². The summed E-state index contributed by atoms with van der Waals surface area (Å²) in [7, 11) is 0. The number of rotatable bonds is 2. The van der Waals surface area contributed by atoms with Crippen molar-refractivity contribution in [2.75, 3.05) is 11.4 Å². The van der Waals surface area contributed by atoms with Crippen molar-refractivity contribution in [3.8, 4) is 0 Å². The molecule has 1 saturated heterocycles. The largest absolute Gasteiger partial charge is 0.368 e. The highest BCUT2D eigenvalue weighted by Crippen LogP contribution is 2.30. The van der Waals surface area contributed by atoms with Crippen LogP contribution in [0.3, 0.4) is 0 Å². The Morgan fingerprint density at radius 1 is 1.38 bits per heavy atom. The van der Waals surface area contributed by atoms with Crippen molar-refractivity contribution in [1.82, 2.24) is 0 Å². The summed E-state index contributed by atoms with van der Waals surface area (Å²) in [5.74, 6) is 0.848. The minimum Gasteiger partial charge on any atom is -0.368 e. The van der Waals surface area contributed by atoms with Crippen molar-refractivity contribution in [2.45, 2.75) is 32.2 Å². The van der Waals surface area contributed by atoms with E-state index >= 15 is 0 Å². The summed E-state index contributed by atoms with van der Waals surface area (Å²) in [4.78, 5) is 2.27. The second kappa shape index (κ2) is 4.62. The van der Waals surface area contributed by atoms with E-state index in [4.69, 9.17) is 11.6 Å². The Bertz CT molecular complexity index is 380. The fraction of sp³-hybridized carbons (Fsp3) is 0.538. The average molecular weight is 242 g/mol. The van der Waals surface area contributed by atoms with Gasteiger partial charge in [0.15, 0.2) is 0 Å². The number of halogens is 2. The number of anilines is 1. The Morgan fingerprint density at radius 3 is 2.69 bits per heavy atom. The van der Waals surface area contributed by atoms with Gasteiger partial charge in [0.05, 0.1) is 0 Å². The topological polar surface area (TPSA) is 3.24 Å². The van der Waals surface area contributed by atoms with Crippen molar-refractivity contribution < 1.29 is 4.39 Å². The van der Waals surface area contributed by atoms with Crippen molar-refractivity contribution in [2.24, 2.45) is 5.92 Å². The van der Waals surface area contributed by atoms with Gasteiger partial charge in [-0.2, -0.15) is 0 Å². The van der Waals surface area contributed by atoms with E-state index in [-0.39, 0.29) is 5.82 Å². The molecule has 1 nitrogen and oxygen atoms in total. The summed E-state index contributed by atoms with van der Waals surface area (Å²) in [6.45, 7) is 5.43. The van der Waals surface area contributed by atoms with E-state index < -0.39 is 0 Å². The number of benzene rings is 1. The van der Waals surface area contributed by atoms with Crippen molar-refractivity contribution in [3.05, 3.63) is 29.6 Å². The van der Waals surface area contributed by atoms with E-state index in [0.29, 0.717) is 17.8 Å². The lowest BCUT2D eigenvalue weighted by Crippen LogP contribution is -2.26. The fourth-order valence-corrected chi connectivity index (χ4v) is 2.69. The smallest absolute Gasteiger partial charge is 0.125 e. The summed E-state index contributed by atoms with van der Waals surface area (Å²) in [5.41, 5.74) is 1.82. The molecule has 2 rings (SSSR count). The lowest BCUT2D eigenvalue weighted by atomic mass is 10.1. The molecule has 1 aliphatic rings. The molecule has 0 radical (unpaired) electrons. The first-order valence-electron chi connectivity index (χ1n) is 5.72. The van der Waals surface area contributed by atoms with E-state index in [1.807, 2.05) is 6.07 Å². The molecule has 0 aliphatic carbocycles. The molecular formula is C13H17ClFN. The van der Waals surface area contributed by atoms with Crippen LogP contribution in [0.4, 0.5) is 10.1 Å². The first-order valence-corrected chi connectivity index (χ1v) is 6.25. The highest BCUT2D eigenvalue weighted by Gasteiger charge is 2.26. The van der Waals surface area contributed by atoms with Gasteiger partial charge in [0.1, 0.15) is 5.82 Å². The fourth-order valence-electron chi connectivity index (χ4n) is 2.54. The molecule has 1 heterocycles. The number of hydrogen-bond donors (Lipinski definition) is 0. The summed E-state index contributed by atoms with van der Waals surface area (Å²) >= 11 is 5.76. The van der Waals surface area contributed by atoms with E-state index in [0.717, 1.165) is 17.8 Å². The molecule has 0 N–H and O–H groups in total. The zero-order valence-corrected chi connectivity index (χ0v) is 10.5. The highest BCUT2D eigenvalue weighted by atomic mass is 35.5. The molecule has 16 heavy (non-hydrogen) atoms. The summed E-state index contributed by atoms with van der Waals surface area (Å²) < 4.78 is 13.4. The van der Waals surface area contributed by atoms with Crippen LogP contribution in [0.2, 0.25) is 0 Å². The van der Waals surface area contributed by atoms with E-state index in [1.54, 1.807) is 6.07 Å². The first kappa shape index (κ1) is 11.7. The molecule has 2 unspecified atom stereocenters. The molecule has 0 aromatic heterocycles. The quantitative estimate of drug-likeness (QED) is 0.712. The zero-order valence-electron chi connectivity index (χ0n) is 9.71. The summed E-state index contributed by atoms with van der Waals surface area (Å²) in [6.07, 6.45) is 1.17. The monoisotopic (exact) mass is 241 g/mol. The molecule has 3 heteroatoms. The van der Waals surface area contributed by atoms with E-state index in [9.17, 15) is 4.39 Å². The molecule has 88 valence electrons. The zero-order chi connectivity index (χ0) is 11.7. The predicted octanol–water partition coefficient (Wildman–Crippen LogP) is 3.80. The average Bonchev–Trinajstić information content (AvgIpc) is 2.57. The molecule has 1 aromatic rings. The van der Waals surface area contributed by atoms with Crippen LogP contribution in [0.5, 0.6) is 0 Å². The third-order valence-corrected chi connectivity index (χ3v) is 3.52. The van der Waals surface area contributed by atoms with Gasteiger partial charge in [-0.05, 0) is 43.0 Å². The Morgan fingerprint density at radius 2 is 2.12 bits per heavy atom. The standard InChI is InChI=1S/C13H17ClFN/c1-9-3-10(2)16(8-9)13-5-11(7-14)4-12(15)6-13/h4-6,9-10H,3,7-8H2,1-2H3. The van der Waals surface area contributed by atoms with Crippen molar-refractivity contribution in [3.63, 3.8) is 0 Å². The lowest BCUT2D eigenvalue weighted by molar-refractivity contribution is 0.622. The molecule has 0 bridgehead atoms. The van der Waals surface area contributed by atoms with Gasteiger partial charge in [-0.15, -0.1) is 11.6 Å². The summed E-state index contributed by atoms with van der Waals surface area (Å²) in [5, 5.41) is 0. The normalized spacial score (nSPS) is 25.1. The Hall–Kier alpha value is -0.760. The van der Waals surface area contributed by atoms with Crippen LogP contribution in [0.25, 0.3) is 0 Å². The molecular weight excluding hydrogens is 225 g/mol. The molecule has 1 fully saturated rings. The van der Waals surface area contributed by atoms with Gasteiger partial charge in [0, 0.05) is 24.2 Å². The molecule has 0 spiro atoms. The van der Waals surface area contributed by atoms with Crippen LogP contribution < -0.4 is 4.90 Å². The van der Waals surface area contributed by atoms with Crippen LogP contribution in [-0.4, -0.2) is 12.6 Å². The maximum absolute atomic E-state index is 13.4. The van der Waals surface area contributed by atoms with Gasteiger partial charge >= 0.3 is 0 Å². The lowest BCUT2D eigenvalue weighted by Gasteiger charge is -2.24. The minimum atomic E-state index is -0.195. The minimum absolute atomic E-state index is 0.195. The van der Waals surface area contributed by atoms with Crippen molar-refractivity contribution >= 4 is 17.3 Å². The number of hydrogen-bond acceptors (Lipinski definition) is 1. The first-order chi connectivity index (χ1) is 7.60. The maximum Gasteiger partial charge on any atom is 0.125 e. The maximum atomic E-state index is 13.4. The molecule has 0 amide bonds. The van der Waals surface area contributed by atoms with Gasteiger partial charge in [-0.25, -0.2) is 4.39 Å². The SMILES string of the molecule is CC1CC(C)N(c2cc(F)cc(CCl)c2)C1. The Balaban J connectivity index is 2.29. The van der Waals surface area contributed by atoms with Crippen LogP contribution in [0.15, 0.2) is 18.2 Å². The summed E-state index contributed by atoms with van der Waals surface area (Å²) in [6, 6.07) is 5.58. The van der Waals surface area contributed by atoms with Gasteiger partial charge in [0.2, 0.25) is 0 Å². The van der Waals surface area contributed by atoms with Crippen LogP contribution in [0.1, 0.15) is 25.8 Å². The number of nitrogens with zero attached hydrogens (tertiary/aromatic N) is 1. The van der Waals surface area contributed by atoms with Crippen LogP contribution in [-0.2, 0) is 5.88 Å². The van der Waals surface area contributed by atoms with Gasteiger partial charge in [-0.3, -0.25) is 0 Å². The second-order valence-corrected chi connectivity index (χ2v) is 5.06. The third kappa shape index (κ3) is 2.32. The molecule has 1 aromatic carbocycles. The Kier molecular flexibility index (Phi) is 3.38. The molecule has 0 saturated carbocycles. The Labute approximate surface area is 101 Å². The second-order valence-electron chi connectivity index (χ2n) is 4.79. The predicted molar refractivity (Wildman–Crippen MR) is 66.5 cm³/mol. The van der Waals surface area contributed by atoms with E-state index in [2.05, 4.69) is 18.7 Å². The molecule has 1 aliphatic heterocycles.